The van der Waals surface area contributed by atoms with Crippen molar-refractivity contribution in [1.29, 1.82) is 0 Å². The highest BCUT2D eigenvalue weighted by atomic mass is 16.7. The van der Waals surface area contributed by atoms with E-state index < -0.39 is 36.4 Å². The Morgan fingerprint density at radius 2 is 1.05 bits per heavy atom. The largest absolute Gasteiger partial charge is 0.489 e. The van der Waals surface area contributed by atoms with Gasteiger partial charge in [-0.15, -0.1) is 0 Å². The van der Waals surface area contributed by atoms with Crippen LogP contribution in [0.4, 0.5) is 0 Å². The quantitative estimate of drug-likeness (QED) is 0.764. The van der Waals surface area contributed by atoms with Crippen LogP contribution in [0.3, 0.4) is 0 Å². The summed E-state index contributed by atoms with van der Waals surface area (Å²) in [7, 11) is -1.22. The Morgan fingerprint density at radius 1 is 0.684 bits per heavy atom. The lowest BCUT2D eigenvalue weighted by molar-refractivity contribution is -0.0473. The topological polar surface area (TPSA) is 57.2 Å². The Kier molecular flexibility index (Phi) is 3.40. The van der Waals surface area contributed by atoms with E-state index in [-0.39, 0.29) is 6.61 Å². The molecule has 0 spiro atoms. The maximum absolute atomic E-state index is 9.54. The molecule has 19 heavy (non-hydrogen) atoms. The minimum Gasteiger partial charge on any atom is -0.405 e. The van der Waals surface area contributed by atoms with Crippen LogP contribution in [0.1, 0.15) is 48.5 Å². The molecular weight excluding hydrogens is 246 g/mol. The van der Waals surface area contributed by atoms with Gasteiger partial charge >= 0.3 is 14.0 Å². The van der Waals surface area contributed by atoms with E-state index in [9.17, 15) is 5.11 Å². The molecule has 5 nitrogen and oxygen atoms in total. The third-order valence-electron chi connectivity index (χ3n) is 4.86. The Bertz CT molecular complexity index is 355. The maximum atomic E-state index is 9.54. The van der Waals surface area contributed by atoms with E-state index in [0.717, 1.165) is 0 Å². The summed E-state index contributed by atoms with van der Waals surface area (Å²) in [5.74, 6) is 0. The van der Waals surface area contributed by atoms with E-state index in [1.54, 1.807) is 0 Å². The lowest BCUT2D eigenvalue weighted by Gasteiger charge is -2.34. The van der Waals surface area contributed by atoms with E-state index in [1.165, 1.54) is 0 Å². The van der Waals surface area contributed by atoms with E-state index in [4.69, 9.17) is 18.6 Å². The van der Waals surface area contributed by atoms with Crippen molar-refractivity contribution in [1.82, 2.24) is 0 Å². The third-order valence-corrected chi connectivity index (χ3v) is 4.86. The van der Waals surface area contributed by atoms with Crippen molar-refractivity contribution < 1.29 is 23.7 Å². The molecule has 0 aromatic rings. The molecule has 1 N–H and O–H groups in total. The standard InChI is InChI=1S/C12H24B2O5/c1-9(2)10(3,4)17-13(16-9)14-18-11(5,6)12(7,8-15)19-14/h15H,8H2,1-7H3. The van der Waals surface area contributed by atoms with E-state index in [2.05, 4.69) is 0 Å². The molecule has 0 amide bonds. The molecule has 1 atom stereocenters. The second kappa shape index (κ2) is 4.21. The summed E-state index contributed by atoms with van der Waals surface area (Å²) in [6, 6.07) is 0. The van der Waals surface area contributed by atoms with Gasteiger partial charge in [-0.25, -0.2) is 0 Å². The fourth-order valence-electron chi connectivity index (χ4n) is 2.18. The number of aliphatic hydroxyl groups is 1. The Hall–Kier alpha value is -0.0701. The number of hydrogen-bond donors (Lipinski definition) is 1. The SMILES string of the molecule is CC1(C)OB(B2OC(C)(C)C(C)(CO)O2)OC1(C)C. The van der Waals surface area contributed by atoms with E-state index >= 15 is 0 Å². The van der Waals surface area contributed by atoms with Crippen molar-refractivity contribution in [2.24, 2.45) is 0 Å². The molecule has 0 bridgehead atoms. The van der Waals surface area contributed by atoms with Gasteiger partial charge in [0.2, 0.25) is 0 Å². The van der Waals surface area contributed by atoms with Gasteiger partial charge in [-0.3, -0.25) is 0 Å². The predicted molar refractivity (Wildman–Crippen MR) is 73.6 cm³/mol. The second-order valence-corrected chi connectivity index (χ2v) is 7.13. The molecule has 2 saturated heterocycles. The second-order valence-electron chi connectivity index (χ2n) is 7.13. The summed E-state index contributed by atoms with van der Waals surface area (Å²) < 4.78 is 23.6. The molecule has 2 rings (SSSR count). The molecule has 7 heteroatoms. The molecule has 2 heterocycles. The van der Waals surface area contributed by atoms with Crippen LogP contribution in [-0.4, -0.2) is 48.1 Å². The van der Waals surface area contributed by atoms with Crippen LogP contribution in [0.25, 0.3) is 0 Å². The van der Waals surface area contributed by atoms with Crippen LogP contribution < -0.4 is 0 Å². The number of aliphatic hydroxyl groups excluding tert-OH is 1. The highest BCUT2D eigenvalue weighted by Gasteiger charge is 2.64. The Labute approximate surface area is 116 Å². The monoisotopic (exact) mass is 270 g/mol. The van der Waals surface area contributed by atoms with Crippen LogP contribution >= 0.6 is 0 Å². The smallest absolute Gasteiger partial charge is 0.405 e. The van der Waals surface area contributed by atoms with Crippen LogP contribution in [-0.2, 0) is 18.6 Å². The summed E-state index contributed by atoms with van der Waals surface area (Å²) in [4.78, 5) is 0. The molecule has 0 saturated carbocycles. The average Bonchev–Trinajstić information content (AvgIpc) is 2.60. The van der Waals surface area contributed by atoms with Crippen molar-refractivity contribution in [3.05, 3.63) is 0 Å². The Balaban J connectivity index is 2.15. The molecule has 0 radical (unpaired) electrons. The van der Waals surface area contributed by atoms with Crippen molar-refractivity contribution in [3.63, 3.8) is 0 Å². The van der Waals surface area contributed by atoms with Gasteiger partial charge in [-0.1, -0.05) is 0 Å². The summed E-state index contributed by atoms with van der Waals surface area (Å²) in [5, 5.41) is 9.54. The third kappa shape index (κ3) is 2.25. The van der Waals surface area contributed by atoms with Gasteiger partial charge in [0.15, 0.2) is 0 Å². The zero-order valence-electron chi connectivity index (χ0n) is 12.9. The minimum absolute atomic E-state index is 0.115. The molecule has 0 aliphatic carbocycles. The van der Waals surface area contributed by atoms with Gasteiger partial charge in [-0.05, 0) is 48.5 Å². The van der Waals surface area contributed by atoms with E-state index in [1.807, 2.05) is 48.5 Å². The average molecular weight is 270 g/mol. The first-order valence-electron chi connectivity index (χ1n) is 6.76. The first-order valence-corrected chi connectivity index (χ1v) is 6.76. The first kappa shape index (κ1) is 15.3. The van der Waals surface area contributed by atoms with Crippen molar-refractivity contribution in [2.45, 2.75) is 70.9 Å². The lowest BCUT2D eigenvalue weighted by atomic mass is 9.49. The van der Waals surface area contributed by atoms with E-state index in [0.29, 0.717) is 0 Å². The van der Waals surface area contributed by atoms with Crippen molar-refractivity contribution in [2.75, 3.05) is 6.61 Å². The lowest BCUT2D eigenvalue weighted by Crippen LogP contribution is -2.47. The first-order chi connectivity index (χ1) is 8.44. The molecule has 0 aromatic heterocycles. The highest BCUT2D eigenvalue weighted by molar-refractivity contribution is 7.11. The Morgan fingerprint density at radius 3 is 1.42 bits per heavy atom. The molecule has 0 aromatic carbocycles. The molecule has 2 aliphatic heterocycles. The van der Waals surface area contributed by atoms with Gasteiger partial charge in [0, 0.05) is 0 Å². The van der Waals surface area contributed by atoms with Gasteiger partial charge in [0.25, 0.3) is 0 Å². The summed E-state index contributed by atoms with van der Waals surface area (Å²) >= 11 is 0. The van der Waals surface area contributed by atoms with Crippen LogP contribution in [0.2, 0.25) is 0 Å². The molecular formula is C12H24B2O5. The highest BCUT2D eigenvalue weighted by Crippen LogP contribution is 2.42. The van der Waals surface area contributed by atoms with Gasteiger partial charge < -0.3 is 23.7 Å². The van der Waals surface area contributed by atoms with Crippen molar-refractivity contribution in [3.8, 4) is 0 Å². The van der Waals surface area contributed by atoms with Crippen LogP contribution in [0.5, 0.6) is 0 Å². The zero-order chi connectivity index (χ0) is 14.7. The predicted octanol–water partition coefficient (Wildman–Crippen LogP) is 1.22. The fourth-order valence-corrected chi connectivity index (χ4v) is 2.18. The van der Waals surface area contributed by atoms with Gasteiger partial charge in [0.05, 0.1) is 23.4 Å². The van der Waals surface area contributed by atoms with Gasteiger partial charge in [-0.2, -0.15) is 0 Å². The summed E-state index contributed by atoms with van der Waals surface area (Å²) in [6.45, 7) is 13.4. The number of rotatable bonds is 2. The number of hydrogen-bond acceptors (Lipinski definition) is 5. The molecule has 108 valence electrons. The van der Waals surface area contributed by atoms with Gasteiger partial charge in [0.1, 0.15) is 5.60 Å². The maximum Gasteiger partial charge on any atom is 0.489 e. The minimum atomic E-state index is -0.763. The molecule has 2 fully saturated rings. The molecule has 1 unspecified atom stereocenters. The summed E-state index contributed by atoms with van der Waals surface area (Å²) in [6.07, 6.45) is 0. The van der Waals surface area contributed by atoms with Crippen molar-refractivity contribution >= 4 is 14.0 Å². The normalized spacial score (nSPS) is 36.0. The summed E-state index contributed by atoms with van der Waals surface area (Å²) in [5.41, 5.74) is -2.21. The zero-order valence-corrected chi connectivity index (χ0v) is 12.9. The van der Waals surface area contributed by atoms with Crippen LogP contribution in [0, 0.1) is 0 Å². The molecule has 2 aliphatic rings. The fraction of sp³-hybridized carbons (Fsp3) is 1.00. The van der Waals surface area contributed by atoms with Crippen LogP contribution in [0.15, 0.2) is 0 Å².